The molecule has 4 heterocycles. The fourth-order valence-electron chi connectivity index (χ4n) is 3.84. The van der Waals surface area contributed by atoms with Gasteiger partial charge in [-0.2, -0.15) is 0 Å². The van der Waals surface area contributed by atoms with Crippen LogP contribution in [0.3, 0.4) is 0 Å². The van der Waals surface area contributed by atoms with Crippen LogP contribution in [-0.2, 0) is 28.6 Å². The van der Waals surface area contributed by atoms with Gasteiger partial charge in [0, 0.05) is 30.5 Å². The summed E-state index contributed by atoms with van der Waals surface area (Å²) in [5, 5.41) is 15.9. The van der Waals surface area contributed by atoms with E-state index in [1.807, 2.05) is 6.07 Å². The molecular formula is C25H26N6O8S2. The maximum absolute atomic E-state index is 13.3. The SMILES string of the molecule is CC(C)OC(=O)OC(C)OC(=O)C1=C(/C=C\c2cccnc2)CS[C@H]2[C@H](NC(=O)C(=NO)c3csc(N)n3)C(=O)N12. The van der Waals surface area contributed by atoms with Crippen LogP contribution >= 0.6 is 23.1 Å². The lowest BCUT2D eigenvalue weighted by Crippen LogP contribution is -2.71. The van der Waals surface area contributed by atoms with Crippen molar-refractivity contribution in [3.63, 3.8) is 0 Å². The average molecular weight is 603 g/mol. The molecule has 4 rings (SSSR count). The fourth-order valence-corrected chi connectivity index (χ4v) is 5.70. The maximum Gasteiger partial charge on any atom is 0.511 e. The largest absolute Gasteiger partial charge is 0.511 e. The van der Waals surface area contributed by atoms with Crippen molar-refractivity contribution < 1.29 is 38.6 Å². The minimum atomic E-state index is -1.32. The summed E-state index contributed by atoms with van der Waals surface area (Å²) in [5.74, 6) is -2.09. The third-order valence-corrected chi connectivity index (χ3v) is 7.56. The second kappa shape index (κ2) is 12.8. The Labute approximate surface area is 242 Å². The van der Waals surface area contributed by atoms with Crippen molar-refractivity contribution in [1.82, 2.24) is 20.2 Å². The van der Waals surface area contributed by atoms with E-state index in [1.165, 1.54) is 29.0 Å². The van der Waals surface area contributed by atoms with E-state index in [4.69, 9.17) is 19.9 Å². The van der Waals surface area contributed by atoms with E-state index in [-0.39, 0.29) is 22.3 Å². The van der Waals surface area contributed by atoms with E-state index in [1.54, 1.807) is 44.5 Å². The molecule has 2 aliphatic heterocycles. The minimum absolute atomic E-state index is 0.0457. The Morgan fingerprint density at radius 1 is 1.24 bits per heavy atom. The minimum Gasteiger partial charge on any atom is -0.431 e. The monoisotopic (exact) mass is 602 g/mol. The van der Waals surface area contributed by atoms with Gasteiger partial charge in [0.15, 0.2) is 10.8 Å². The first-order valence-corrected chi connectivity index (χ1v) is 14.1. The number of thioether (sulfide) groups is 1. The van der Waals surface area contributed by atoms with Crippen molar-refractivity contribution in [3.8, 4) is 0 Å². The Balaban J connectivity index is 1.55. The summed E-state index contributed by atoms with van der Waals surface area (Å²) >= 11 is 2.35. The van der Waals surface area contributed by atoms with Crippen LogP contribution in [0.1, 0.15) is 32.0 Å². The number of hydrogen-bond acceptors (Lipinski definition) is 14. The number of amides is 2. The zero-order valence-electron chi connectivity index (χ0n) is 22.0. The summed E-state index contributed by atoms with van der Waals surface area (Å²) < 4.78 is 15.2. The van der Waals surface area contributed by atoms with E-state index in [0.29, 0.717) is 5.57 Å². The first kappa shape index (κ1) is 29.5. The number of pyridine rings is 1. The topological polar surface area (TPSA) is 196 Å². The highest BCUT2D eigenvalue weighted by molar-refractivity contribution is 8.00. The number of rotatable bonds is 9. The molecule has 2 aliphatic rings. The van der Waals surface area contributed by atoms with E-state index in [2.05, 4.69) is 20.4 Å². The van der Waals surface area contributed by atoms with E-state index >= 15 is 0 Å². The molecule has 4 N–H and O–H groups in total. The van der Waals surface area contributed by atoms with E-state index in [0.717, 1.165) is 16.9 Å². The Hall–Kier alpha value is -4.44. The molecule has 0 radical (unpaired) electrons. The predicted octanol–water partition coefficient (Wildman–Crippen LogP) is 2.12. The van der Waals surface area contributed by atoms with Gasteiger partial charge < -0.3 is 30.5 Å². The number of nitrogen functional groups attached to an aromatic ring is 1. The number of anilines is 1. The number of carbonyl (C=O) groups is 4. The zero-order chi connectivity index (χ0) is 29.7. The van der Waals surface area contributed by atoms with Gasteiger partial charge in [-0.25, -0.2) is 14.6 Å². The third-order valence-electron chi connectivity index (χ3n) is 5.59. The number of thiazole rings is 1. The number of aromatic nitrogens is 2. The molecular weight excluding hydrogens is 576 g/mol. The average Bonchev–Trinajstić information content (AvgIpc) is 3.35. The Morgan fingerprint density at radius 3 is 2.66 bits per heavy atom. The molecule has 0 spiro atoms. The second-order valence-corrected chi connectivity index (χ2v) is 10.9. The van der Waals surface area contributed by atoms with Gasteiger partial charge in [0.1, 0.15) is 22.8 Å². The number of hydrogen-bond donors (Lipinski definition) is 3. The van der Waals surface area contributed by atoms with Gasteiger partial charge in [0.05, 0.1) is 6.10 Å². The number of carbonyl (C=O) groups excluding carboxylic acids is 4. The van der Waals surface area contributed by atoms with Crippen LogP contribution in [-0.4, -0.2) is 79.3 Å². The molecule has 14 nitrogen and oxygen atoms in total. The van der Waals surface area contributed by atoms with Crippen molar-refractivity contribution in [3.05, 3.63) is 58.5 Å². The first-order valence-electron chi connectivity index (χ1n) is 12.2. The van der Waals surface area contributed by atoms with E-state index in [9.17, 15) is 24.4 Å². The second-order valence-electron chi connectivity index (χ2n) is 8.88. The van der Waals surface area contributed by atoms with Gasteiger partial charge in [0.2, 0.25) is 6.29 Å². The molecule has 0 aliphatic carbocycles. The number of fused-ring (bicyclic) bond motifs is 1. The predicted molar refractivity (Wildman–Crippen MR) is 148 cm³/mol. The normalized spacial score (nSPS) is 19.5. The number of nitrogens with two attached hydrogens (primary N) is 1. The number of allylic oxidation sites excluding steroid dienone is 1. The number of oxime groups is 1. The van der Waals surface area contributed by atoms with Crippen molar-refractivity contribution >= 4 is 64.0 Å². The van der Waals surface area contributed by atoms with Crippen LogP contribution in [0.4, 0.5) is 9.93 Å². The Kier molecular flexibility index (Phi) is 9.24. The number of β-lactam (4-membered cyclic amide) rings is 1. The van der Waals surface area contributed by atoms with Crippen LogP contribution in [0.15, 0.2) is 52.4 Å². The quantitative estimate of drug-likeness (QED) is 0.0946. The lowest BCUT2D eigenvalue weighted by molar-refractivity contribution is -0.169. The lowest BCUT2D eigenvalue weighted by atomic mass is 10.0. The van der Waals surface area contributed by atoms with Crippen molar-refractivity contribution in [2.24, 2.45) is 5.16 Å². The van der Waals surface area contributed by atoms with Crippen LogP contribution < -0.4 is 11.1 Å². The third kappa shape index (κ3) is 6.83. The molecule has 2 aromatic rings. The summed E-state index contributed by atoms with van der Waals surface area (Å²) in [6, 6.07) is 2.52. The molecule has 16 heteroatoms. The fraction of sp³-hybridized carbons (Fsp3) is 0.320. The van der Waals surface area contributed by atoms with Crippen molar-refractivity contribution in [2.75, 3.05) is 11.5 Å². The lowest BCUT2D eigenvalue weighted by Gasteiger charge is -2.49. The van der Waals surface area contributed by atoms with Gasteiger partial charge in [-0.05, 0) is 31.1 Å². The summed E-state index contributed by atoms with van der Waals surface area (Å²) in [7, 11) is 0. The highest BCUT2D eigenvalue weighted by Crippen LogP contribution is 2.41. The number of ether oxygens (including phenoxy) is 3. The number of esters is 1. The van der Waals surface area contributed by atoms with Crippen LogP contribution in [0.25, 0.3) is 6.08 Å². The Bertz CT molecular complexity index is 1420. The molecule has 41 heavy (non-hydrogen) atoms. The summed E-state index contributed by atoms with van der Waals surface area (Å²) in [6.45, 7) is 4.61. The summed E-state index contributed by atoms with van der Waals surface area (Å²) in [5.41, 5.74) is 6.38. The number of nitrogens with zero attached hydrogens (tertiary/aromatic N) is 4. The summed E-state index contributed by atoms with van der Waals surface area (Å²) in [4.78, 5) is 60.5. The molecule has 0 bridgehead atoms. The van der Waals surface area contributed by atoms with Crippen LogP contribution in [0.5, 0.6) is 0 Å². The molecule has 2 amide bonds. The van der Waals surface area contributed by atoms with Gasteiger partial charge in [-0.1, -0.05) is 23.4 Å². The first-order chi connectivity index (χ1) is 19.6. The molecule has 1 saturated heterocycles. The molecule has 0 aromatic carbocycles. The highest BCUT2D eigenvalue weighted by Gasteiger charge is 2.54. The summed E-state index contributed by atoms with van der Waals surface area (Å²) in [6.07, 6.45) is 3.86. The van der Waals surface area contributed by atoms with Crippen LogP contribution in [0.2, 0.25) is 0 Å². The molecule has 1 fully saturated rings. The van der Waals surface area contributed by atoms with E-state index < -0.39 is 53.5 Å². The maximum atomic E-state index is 13.3. The smallest absolute Gasteiger partial charge is 0.431 e. The van der Waals surface area contributed by atoms with Crippen LogP contribution in [0, 0.1) is 0 Å². The molecule has 3 atom stereocenters. The highest BCUT2D eigenvalue weighted by atomic mass is 32.2. The molecule has 216 valence electrons. The van der Waals surface area contributed by atoms with Crippen molar-refractivity contribution in [1.29, 1.82) is 0 Å². The standard InChI is InChI=1S/C25H26N6O8S2/c1-12(2)37-25(35)39-13(3)38-23(34)19-15(7-6-14-5-4-8-27-9-14)10-40-22-18(21(33)31(19)22)29-20(32)17(30-36)16-11-41-24(26)28-16/h4-9,11-13,18,22,36H,10H2,1-3H3,(H2,26,28)(H,29,32)/b7-6-,30-17?/t13?,18-,22+/m1/s1. The Morgan fingerprint density at radius 2 is 2.02 bits per heavy atom. The van der Waals surface area contributed by atoms with Gasteiger partial charge in [-0.3, -0.25) is 19.5 Å². The molecule has 2 aromatic heterocycles. The zero-order valence-corrected chi connectivity index (χ0v) is 23.7. The van der Waals surface area contributed by atoms with Gasteiger partial charge in [-0.15, -0.1) is 23.1 Å². The van der Waals surface area contributed by atoms with Gasteiger partial charge in [0.25, 0.3) is 11.8 Å². The van der Waals surface area contributed by atoms with Crippen molar-refractivity contribution in [2.45, 2.75) is 44.6 Å². The number of nitrogens with one attached hydrogen (secondary N) is 1. The molecule has 1 unspecified atom stereocenters. The van der Waals surface area contributed by atoms with Gasteiger partial charge >= 0.3 is 12.1 Å². The molecule has 0 saturated carbocycles.